The Morgan fingerprint density at radius 2 is 1.85 bits per heavy atom. The first-order valence-electron chi connectivity index (χ1n) is 13.1. The lowest BCUT2D eigenvalue weighted by Gasteiger charge is -2.27. The third kappa shape index (κ3) is 6.45. The summed E-state index contributed by atoms with van der Waals surface area (Å²) in [6, 6.07) is 15.3. The summed E-state index contributed by atoms with van der Waals surface area (Å²) in [4.78, 5) is 38.1. The molecule has 0 saturated heterocycles. The van der Waals surface area contributed by atoms with E-state index in [-0.39, 0.29) is 18.2 Å². The highest BCUT2D eigenvalue weighted by atomic mass is 16.5. The number of carbonyl (C=O) groups excluding carboxylic acids is 2. The topological polar surface area (TPSA) is 111 Å². The highest BCUT2D eigenvalue weighted by Gasteiger charge is 2.20. The molecule has 0 N–H and O–H groups in total. The van der Waals surface area contributed by atoms with Crippen molar-refractivity contribution in [2.75, 3.05) is 40.4 Å². The highest BCUT2D eigenvalue weighted by Crippen LogP contribution is 2.29. The van der Waals surface area contributed by atoms with Crippen molar-refractivity contribution in [3.05, 3.63) is 89.7 Å². The molecule has 0 aliphatic carbocycles. The minimum Gasteiger partial charge on any atom is -0.491 e. The van der Waals surface area contributed by atoms with Gasteiger partial charge in [0.25, 0.3) is 11.8 Å². The van der Waals surface area contributed by atoms with Crippen LogP contribution in [0.4, 0.5) is 0 Å². The number of nitrogens with zero attached hydrogens (tertiary/aromatic N) is 5. The number of amides is 2. The van der Waals surface area contributed by atoms with Gasteiger partial charge in [0.1, 0.15) is 24.4 Å². The summed E-state index contributed by atoms with van der Waals surface area (Å²) in [6.45, 7) is 1.45. The Hall–Kier alpha value is -4.73. The van der Waals surface area contributed by atoms with Gasteiger partial charge in [-0.2, -0.15) is 0 Å². The highest BCUT2D eigenvalue weighted by molar-refractivity contribution is 5.94. The Kier molecular flexibility index (Phi) is 8.34. The maximum absolute atomic E-state index is 13.2. The fourth-order valence-electron chi connectivity index (χ4n) is 4.64. The molecule has 2 bridgehead atoms. The molecule has 0 atom stereocenters. The van der Waals surface area contributed by atoms with E-state index in [4.69, 9.17) is 14.0 Å². The minimum atomic E-state index is -0.0910. The predicted octanol–water partition coefficient (Wildman–Crippen LogP) is 3.66. The minimum absolute atomic E-state index is 0.0615. The zero-order valence-electron chi connectivity index (χ0n) is 22.6. The average molecular weight is 542 g/mol. The summed E-state index contributed by atoms with van der Waals surface area (Å²) in [5.74, 6) is 1.53. The number of hydrogen-bond donors (Lipinski definition) is 0. The van der Waals surface area contributed by atoms with E-state index in [1.807, 2.05) is 36.4 Å². The molecule has 10 heteroatoms. The van der Waals surface area contributed by atoms with Crippen molar-refractivity contribution < 1.29 is 23.6 Å². The van der Waals surface area contributed by atoms with Gasteiger partial charge in [-0.25, -0.2) is 9.97 Å². The summed E-state index contributed by atoms with van der Waals surface area (Å²) >= 11 is 0. The van der Waals surface area contributed by atoms with Gasteiger partial charge in [0.2, 0.25) is 5.91 Å². The predicted molar refractivity (Wildman–Crippen MR) is 147 cm³/mol. The molecule has 1 aliphatic rings. The fourth-order valence-corrected chi connectivity index (χ4v) is 4.64. The number of aryl methyl sites for hydroxylation is 1. The third-order valence-corrected chi connectivity index (χ3v) is 6.88. The van der Waals surface area contributed by atoms with E-state index in [1.54, 1.807) is 35.3 Å². The molecule has 2 amide bonds. The Balaban J connectivity index is 1.40. The standard InChI is InChI=1S/C30H31N5O5/c1-34-10-11-35(29(36)9-7-26-17-28(38-2)33-40-26)12-13-39-27-8-6-22(25-18-31-20-32-19-25)16-24(27)15-21-4-3-5-23(14-21)30(34)37/h3-6,8,14,16-20H,7,9-13,15H2,1-2H3. The van der Waals surface area contributed by atoms with Crippen LogP contribution in [0.25, 0.3) is 11.1 Å². The summed E-state index contributed by atoms with van der Waals surface area (Å²) in [5, 5.41) is 3.79. The van der Waals surface area contributed by atoms with E-state index in [2.05, 4.69) is 21.2 Å². The van der Waals surface area contributed by atoms with Crippen molar-refractivity contribution in [1.82, 2.24) is 24.9 Å². The molecule has 1 aliphatic heterocycles. The van der Waals surface area contributed by atoms with E-state index in [9.17, 15) is 9.59 Å². The first kappa shape index (κ1) is 26.9. The number of likely N-dealkylation sites (N-methyl/N-ethyl adjacent to an activating group) is 1. The van der Waals surface area contributed by atoms with Crippen LogP contribution in [0.15, 0.2) is 71.8 Å². The van der Waals surface area contributed by atoms with E-state index in [0.717, 1.165) is 28.0 Å². The SMILES string of the molecule is COc1cc(CCC(=O)N2CCOc3ccc(-c4cncnc4)cc3Cc3cccc(c3)C(=O)N(C)CC2)on1. The second kappa shape index (κ2) is 12.4. The number of carbonyl (C=O) groups is 2. The van der Waals surface area contributed by atoms with Crippen LogP contribution in [0.2, 0.25) is 0 Å². The molecule has 0 fully saturated rings. The Morgan fingerprint density at radius 3 is 2.65 bits per heavy atom. The largest absolute Gasteiger partial charge is 0.491 e. The maximum atomic E-state index is 13.2. The van der Waals surface area contributed by atoms with Crippen LogP contribution in [-0.2, 0) is 17.6 Å². The molecule has 40 heavy (non-hydrogen) atoms. The molecule has 3 heterocycles. The summed E-state index contributed by atoms with van der Waals surface area (Å²) < 4.78 is 16.5. The van der Waals surface area contributed by atoms with Crippen LogP contribution >= 0.6 is 0 Å². The Bertz CT molecular complexity index is 1470. The smallest absolute Gasteiger partial charge is 0.254 e. The molecule has 2 aromatic carbocycles. The molecule has 5 rings (SSSR count). The van der Waals surface area contributed by atoms with E-state index in [0.29, 0.717) is 56.3 Å². The van der Waals surface area contributed by atoms with Gasteiger partial charge in [0.15, 0.2) is 0 Å². The monoisotopic (exact) mass is 541 g/mol. The number of ether oxygens (including phenoxy) is 2. The van der Waals surface area contributed by atoms with Crippen molar-refractivity contribution in [3.8, 4) is 22.8 Å². The molecule has 0 saturated carbocycles. The van der Waals surface area contributed by atoms with Gasteiger partial charge < -0.3 is 23.8 Å². The van der Waals surface area contributed by atoms with Crippen LogP contribution in [0.5, 0.6) is 11.6 Å². The van der Waals surface area contributed by atoms with Gasteiger partial charge in [-0.3, -0.25) is 9.59 Å². The van der Waals surface area contributed by atoms with Crippen molar-refractivity contribution >= 4 is 11.8 Å². The molecule has 4 aromatic rings. The molecule has 206 valence electrons. The number of fused-ring (bicyclic) bond motifs is 3. The van der Waals surface area contributed by atoms with Gasteiger partial charge >= 0.3 is 0 Å². The molecule has 0 radical (unpaired) electrons. The number of benzene rings is 2. The second-order valence-corrected chi connectivity index (χ2v) is 9.62. The van der Waals surface area contributed by atoms with Crippen molar-refractivity contribution in [2.45, 2.75) is 19.3 Å². The first-order chi connectivity index (χ1) is 19.5. The fraction of sp³-hybridized carbons (Fsp3) is 0.300. The van der Waals surface area contributed by atoms with Crippen LogP contribution in [-0.4, -0.2) is 77.1 Å². The van der Waals surface area contributed by atoms with Gasteiger partial charge in [0, 0.05) is 69.0 Å². The molecule has 0 unspecified atom stereocenters. The maximum Gasteiger partial charge on any atom is 0.254 e. The molecule has 10 nitrogen and oxygen atoms in total. The van der Waals surface area contributed by atoms with Crippen molar-refractivity contribution in [2.24, 2.45) is 0 Å². The van der Waals surface area contributed by atoms with Gasteiger partial charge in [-0.05, 0) is 46.1 Å². The van der Waals surface area contributed by atoms with Crippen LogP contribution in [0.1, 0.15) is 33.7 Å². The second-order valence-electron chi connectivity index (χ2n) is 9.62. The van der Waals surface area contributed by atoms with Crippen molar-refractivity contribution in [3.63, 3.8) is 0 Å². The average Bonchev–Trinajstić information content (AvgIpc) is 3.46. The zero-order valence-corrected chi connectivity index (χ0v) is 22.6. The van der Waals surface area contributed by atoms with Crippen molar-refractivity contribution in [1.29, 1.82) is 0 Å². The molecule has 0 spiro atoms. The summed E-state index contributed by atoms with van der Waals surface area (Å²) in [6.07, 6.45) is 6.24. The number of aromatic nitrogens is 3. The molecule has 2 aromatic heterocycles. The van der Waals surface area contributed by atoms with Gasteiger partial charge in [-0.1, -0.05) is 18.2 Å². The molecular weight excluding hydrogens is 510 g/mol. The summed E-state index contributed by atoms with van der Waals surface area (Å²) in [5.41, 5.74) is 4.44. The van der Waals surface area contributed by atoms with Gasteiger partial charge in [-0.15, -0.1) is 0 Å². The van der Waals surface area contributed by atoms with E-state index in [1.165, 1.54) is 13.4 Å². The van der Waals surface area contributed by atoms with E-state index >= 15 is 0 Å². The Labute approximate surface area is 232 Å². The van der Waals surface area contributed by atoms with Crippen LogP contribution in [0, 0.1) is 0 Å². The summed E-state index contributed by atoms with van der Waals surface area (Å²) in [7, 11) is 3.26. The van der Waals surface area contributed by atoms with E-state index < -0.39 is 0 Å². The molecular formula is C30H31N5O5. The number of rotatable bonds is 5. The lowest BCUT2D eigenvalue weighted by molar-refractivity contribution is -0.131. The van der Waals surface area contributed by atoms with Gasteiger partial charge in [0.05, 0.1) is 13.7 Å². The number of hydrogen-bond acceptors (Lipinski definition) is 8. The lowest BCUT2D eigenvalue weighted by Crippen LogP contribution is -2.41. The normalized spacial score (nSPS) is 14.2. The third-order valence-electron chi connectivity index (χ3n) is 6.88. The number of methoxy groups -OCH3 is 1. The van der Waals surface area contributed by atoms with Crippen LogP contribution in [0.3, 0.4) is 0 Å². The zero-order chi connectivity index (χ0) is 27.9. The quantitative estimate of drug-likeness (QED) is 0.377. The lowest BCUT2D eigenvalue weighted by atomic mass is 9.98. The Morgan fingerprint density at radius 1 is 1.00 bits per heavy atom. The first-order valence-corrected chi connectivity index (χ1v) is 13.1. The van der Waals surface area contributed by atoms with Crippen LogP contribution < -0.4 is 9.47 Å².